The molecule has 0 saturated carbocycles. The quantitative estimate of drug-likeness (QED) is 0.637. The number of thiophene rings is 1. The number of nitrogens with one attached hydrogen (secondary N) is 1. The Balaban J connectivity index is 1.58. The lowest BCUT2D eigenvalue weighted by Crippen LogP contribution is -2.40. The smallest absolute Gasteiger partial charge is 0.251 e. The third-order valence-electron chi connectivity index (χ3n) is 5.55. The first-order valence-corrected chi connectivity index (χ1v) is 12.9. The van der Waals surface area contributed by atoms with Crippen molar-refractivity contribution in [3.05, 3.63) is 52.2 Å². The molecule has 164 valence electrons. The Labute approximate surface area is 183 Å². The van der Waals surface area contributed by atoms with Gasteiger partial charge in [-0.05, 0) is 54.9 Å². The highest BCUT2D eigenvalue weighted by atomic mass is 32.2. The molecule has 6 nitrogen and oxygen atoms in total. The first-order chi connectivity index (χ1) is 14.4. The van der Waals surface area contributed by atoms with Crippen molar-refractivity contribution in [1.29, 1.82) is 0 Å². The third kappa shape index (κ3) is 5.69. The molecule has 30 heavy (non-hydrogen) atoms. The molecule has 0 bridgehead atoms. The number of benzene rings is 1. The van der Waals surface area contributed by atoms with E-state index in [2.05, 4.69) is 27.7 Å². The summed E-state index contributed by atoms with van der Waals surface area (Å²) >= 11 is 1.78. The maximum atomic E-state index is 12.7. The second-order valence-electron chi connectivity index (χ2n) is 7.65. The van der Waals surface area contributed by atoms with Gasteiger partial charge in [-0.1, -0.05) is 26.0 Å². The van der Waals surface area contributed by atoms with Crippen LogP contribution in [0.1, 0.15) is 41.9 Å². The molecular formula is C22H31N3O3S2. The van der Waals surface area contributed by atoms with Crippen LogP contribution in [-0.2, 0) is 16.6 Å². The predicted molar refractivity (Wildman–Crippen MR) is 121 cm³/mol. The predicted octanol–water partition coefficient (Wildman–Crippen LogP) is 3.42. The Hall–Kier alpha value is -1.74. The maximum Gasteiger partial charge on any atom is 0.251 e. The van der Waals surface area contributed by atoms with Gasteiger partial charge in [-0.3, -0.25) is 9.69 Å². The van der Waals surface area contributed by atoms with Crippen molar-refractivity contribution < 1.29 is 13.2 Å². The Morgan fingerprint density at radius 1 is 1.23 bits per heavy atom. The molecule has 0 spiro atoms. The first-order valence-electron chi connectivity index (χ1n) is 10.6. The summed E-state index contributed by atoms with van der Waals surface area (Å²) < 4.78 is 26.9. The maximum absolute atomic E-state index is 12.7. The normalized spacial score (nSPS) is 17.9. The number of sulfonamides is 1. The third-order valence-corrected chi connectivity index (χ3v) is 8.46. The van der Waals surface area contributed by atoms with Gasteiger partial charge >= 0.3 is 0 Å². The van der Waals surface area contributed by atoms with Crippen molar-refractivity contribution >= 4 is 27.3 Å². The monoisotopic (exact) mass is 449 g/mol. The van der Waals surface area contributed by atoms with Crippen LogP contribution in [0.25, 0.3) is 0 Å². The molecule has 1 aliphatic rings. The van der Waals surface area contributed by atoms with E-state index in [4.69, 9.17) is 0 Å². The van der Waals surface area contributed by atoms with E-state index in [-0.39, 0.29) is 10.8 Å². The molecular weight excluding hydrogens is 418 g/mol. The number of carbonyl (C=O) groups is 1. The van der Waals surface area contributed by atoms with Crippen LogP contribution in [0.3, 0.4) is 0 Å². The molecule has 1 amide bonds. The van der Waals surface area contributed by atoms with Gasteiger partial charge in [-0.15, -0.1) is 11.3 Å². The van der Waals surface area contributed by atoms with E-state index in [9.17, 15) is 13.2 Å². The SMILES string of the molecule is CCN(CC)S(=O)(=O)c1cccc(C(=O)NCC2CCCN(Cc3cccs3)C2)c1. The average molecular weight is 450 g/mol. The molecule has 0 aliphatic carbocycles. The van der Waals surface area contributed by atoms with Crippen molar-refractivity contribution in [1.82, 2.24) is 14.5 Å². The van der Waals surface area contributed by atoms with Gasteiger partial charge in [0, 0.05) is 43.2 Å². The van der Waals surface area contributed by atoms with Gasteiger partial charge < -0.3 is 5.32 Å². The minimum atomic E-state index is -3.58. The fourth-order valence-electron chi connectivity index (χ4n) is 3.93. The van der Waals surface area contributed by atoms with Crippen molar-refractivity contribution in [3.8, 4) is 0 Å². The van der Waals surface area contributed by atoms with Crippen molar-refractivity contribution in [2.75, 3.05) is 32.7 Å². The van der Waals surface area contributed by atoms with Gasteiger partial charge in [0.15, 0.2) is 0 Å². The van der Waals surface area contributed by atoms with Crippen molar-refractivity contribution in [3.63, 3.8) is 0 Å². The van der Waals surface area contributed by atoms with Crippen LogP contribution in [-0.4, -0.2) is 56.3 Å². The zero-order valence-electron chi connectivity index (χ0n) is 17.7. The summed E-state index contributed by atoms with van der Waals surface area (Å²) in [5, 5.41) is 5.12. The largest absolute Gasteiger partial charge is 0.352 e. The molecule has 1 atom stereocenters. The lowest BCUT2D eigenvalue weighted by atomic mass is 9.98. The highest BCUT2D eigenvalue weighted by molar-refractivity contribution is 7.89. The fraction of sp³-hybridized carbons (Fsp3) is 0.500. The van der Waals surface area contributed by atoms with Gasteiger partial charge in [0.25, 0.3) is 5.91 Å². The molecule has 2 aromatic rings. The summed E-state index contributed by atoms with van der Waals surface area (Å²) in [5.74, 6) is 0.187. The summed E-state index contributed by atoms with van der Waals surface area (Å²) in [5.41, 5.74) is 0.384. The Morgan fingerprint density at radius 3 is 2.73 bits per heavy atom. The van der Waals surface area contributed by atoms with Crippen molar-refractivity contribution in [2.45, 2.75) is 38.1 Å². The molecule has 1 saturated heterocycles. The molecule has 1 fully saturated rings. The molecule has 1 aliphatic heterocycles. The summed E-state index contributed by atoms with van der Waals surface area (Å²) in [6.07, 6.45) is 2.22. The van der Waals surface area contributed by atoms with E-state index in [1.54, 1.807) is 29.5 Å². The van der Waals surface area contributed by atoms with Gasteiger partial charge in [-0.25, -0.2) is 8.42 Å². The average Bonchev–Trinajstić information content (AvgIpc) is 3.26. The lowest BCUT2D eigenvalue weighted by Gasteiger charge is -2.32. The van der Waals surface area contributed by atoms with Crippen LogP contribution in [0.5, 0.6) is 0 Å². The number of amides is 1. The molecule has 8 heteroatoms. The van der Waals surface area contributed by atoms with Crippen LogP contribution >= 0.6 is 11.3 Å². The number of likely N-dealkylation sites (tertiary alicyclic amines) is 1. The number of nitrogens with zero attached hydrogens (tertiary/aromatic N) is 2. The van der Waals surface area contributed by atoms with Gasteiger partial charge in [0.1, 0.15) is 0 Å². The Bertz CT molecular complexity index is 925. The highest BCUT2D eigenvalue weighted by Gasteiger charge is 2.24. The zero-order chi connectivity index (χ0) is 21.6. The van der Waals surface area contributed by atoms with E-state index in [1.165, 1.54) is 15.2 Å². The standard InChI is InChI=1S/C22H31N3O3S2/c1-3-25(4-2)30(27,28)21-11-5-9-19(14-21)22(26)23-15-18-8-6-12-24(16-18)17-20-10-7-13-29-20/h5,7,9-11,13-14,18H,3-4,6,8,12,15-17H2,1-2H3,(H,23,26). The highest BCUT2D eigenvalue weighted by Crippen LogP contribution is 2.21. The minimum absolute atomic E-state index is 0.165. The minimum Gasteiger partial charge on any atom is -0.352 e. The summed E-state index contributed by atoms with van der Waals surface area (Å²) in [7, 11) is -3.58. The molecule has 1 unspecified atom stereocenters. The number of hydrogen-bond acceptors (Lipinski definition) is 5. The van der Waals surface area contributed by atoms with Crippen LogP contribution in [0.4, 0.5) is 0 Å². The van der Waals surface area contributed by atoms with Crippen LogP contribution in [0.15, 0.2) is 46.7 Å². The molecule has 1 aromatic heterocycles. The second-order valence-corrected chi connectivity index (χ2v) is 10.6. The fourth-order valence-corrected chi connectivity index (χ4v) is 6.18. The van der Waals surface area contributed by atoms with Crippen LogP contribution in [0, 0.1) is 5.92 Å². The number of piperidine rings is 1. The molecule has 3 rings (SSSR count). The lowest BCUT2D eigenvalue weighted by molar-refractivity contribution is 0.0930. The number of rotatable bonds is 9. The van der Waals surface area contributed by atoms with Crippen LogP contribution in [0.2, 0.25) is 0 Å². The molecule has 0 radical (unpaired) electrons. The van der Waals surface area contributed by atoms with E-state index in [0.29, 0.717) is 31.1 Å². The summed E-state index contributed by atoms with van der Waals surface area (Å²) in [4.78, 5) is 16.7. The first kappa shape index (κ1) is 22.9. The summed E-state index contributed by atoms with van der Waals surface area (Å²) in [6.45, 7) is 8.05. The zero-order valence-corrected chi connectivity index (χ0v) is 19.3. The second kappa shape index (κ2) is 10.5. The van der Waals surface area contributed by atoms with E-state index in [0.717, 1.165) is 32.5 Å². The van der Waals surface area contributed by atoms with E-state index >= 15 is 0 Å². The van der Waals surface area contributed by atoms with Gasteiger partial charge in [-0.2, -0.15) is 4.31 Å². The van der Waals surface area contributed by atoms with Crippen molar-refractivity contribution in [2.24, 2.45) is 5.92 Å². The topological polar surface area (TPSA) is 69.7 Å². The van der Waals surface area contributed by atoms with E-state index in [1.807, 2.05) is 13.8 Å². The summed E-state index contributed by atoms with van der Waals surface area (Å²) in [6, 6.07) is 10.6. The number of carbonyl (C=O) groups excluding carboxylic acids is 1. The van der Waals surface area contributed by atoms with Gasteiger partial charge in [0.2, 0.25) is 10.0 Å². The Kier molecular flexibility index (Phi) is 8.05. The molecule has 1 N–H and O–H groups in total. The van der Waals surface area contributed by atoms with Crippen LogP contribution < -0.4 is 5.32 Å². The molecule has 1 aromatic carbocycles. The Morgan fingerprint density at radius 2 is 2.03 bits per heavy atom. The molecule has 2 heterocycles. The van der Waals surface area contributed by atoms with E-state index < -0.39 is 10.0 Å². The number of hydrogen-bond donors (Lipinski definition) is 1. The van der Waals surface area contributed by atoms with Gasteiger partial charge in [0.05, 0.1) is 4.90 Å².